The van der Waals surface area contributed by atoms with Gasteiger partial charge in [-0.1, -0.05) is 11.6 Å². The first-order valence-corrected chi connectivity index (χ1v) is 7.81. The number of hydrogen-bond donors (Lipinski definition) is 1. The molecule has 1 amide bonds. The molecule has 1 aromatic rings. The Kier molecular flexibility index (Phi) is 3.95. The highest BCUT2D eigenvalue weighted by Crippen LogP contribution is 2.34. The van der Waals surface area contributed by atoms with Gasteiger partial charge in [0.1, 0.15) is 0 Å². The van der Waals surface area contributed by atoms with Gasteiger partial charge in [-0.05, 0) is 25.3 Å². The first kappa shape index (κ1) is 15.1. The summed E-state index contributed by atoms with van der Waals surface area (Å²) in [6.45, 7) is 3.23. The number of likely N-dealkylation sites (tertiary alicyclic amines) is 1. The molecule has 118 valence electrons. The minimum atomic E-state index is -0.453. The van der Waals surface area contributed by atoms with Gasteiger partial charge in [-0.3, -0.25) is 14.9 Å². The maximum absolute atomic E-state index is 11.9. The molecule has 3 rings (SSSR count). The zero-order valence-corrected chi connectivity index (χ0v) is 13.1. The molecule has 7 heteroatoms. The highest BCUT2D eigenvalue weighted by molar-refractivity contribution is 6.33. The molecule has 1 aromatic carbocycles. The molecule has 2 aliphatic rings. The second kappa shape index (κ2) is 5.76. The molecule has 6 nitrogen and oxygen atoms in total. The summed E-state index contributed by atoms with van der Waals surface area (Å²) in [7, 11) is 0. The topological polar surface area (TPSA) is 75.5 Å². The van der Waals surface area contributed by atoms with Crippen LogP contribution in [0, 0.1) is 23.0 Å². The fraction of sp³-hybridized carbons (Fsp3) is 0.533. The summed E-state index contributed by atoms with van der Waals surface area (Å²) < 4.78 is 0. The van der Waals surface area contributed by atoms with Crippen LogP contribution in [0.25, 0.3) is 0 Å². The third kappa shape index (κ3) is 3.02. The molecular weight excluding hydrogens is 306 g/mol. The third-order valence-electron chi connectivity index (χ3n) is 4.28. The number of carbonyl (C=O) groups excluding carboxylic acids is 1. The van der Waals surface area contributed by atoms with Gasteiger partial charge in [0.2, 0.25) is 5.91 Å². The van der Waals surface area contributed by atoms with Crippen LogP contribution in [0.1, 0.15) is 24.8 Å². The van der Waals surface area contributed by atoms with E-state index in [1.807, 2.05) is 4.90 Å². The lowest BCUT2D eigenvalue weighted by molar-refractivity contribution is -0.384. The van der Waals surface area contributed by atoms with Gasteiger partial charge < -0.3 is 10.2 Å². The predicted octanol–water partition coefficient (Wildman–Crippen LogP) is 2.98. The van der Waals surface area contributed by atoms with Gasteiger partial charge in [-0.25, -0.2) is 0 Å². The number of hydrogen-bond acceptors (Lipinski definition) is 4. The summed E-state index contributed by atoms with van der Waals surface area (Å²) >= 11 is 6.14. The second-order valence-electron chi connectivity index (χ2n) is 6.10. The van der Waals surface area contributed by atoms with E-state index in [0.29, 0.717) is 29.7 Å². The van der Waals surface area contributed by atoms with E-state index in [2.05, 4.69) is 5.32 Å². The van der Waals surface area contributed by atoms with Crippen LogP contribution in [0.4, 0.5) is 11.4 Å². The Morgan fingerprint density at radius 2 is 2.18 bits per heavy atom. The summed E-state index contributed by atoms with van der Waals surface area (Å²) in [6.07, 6.45) is 2.81. The van der Waals surface area contributed by atoms with Crippen LogP contribution >= 0.6 is 11.6 Å². The van der Waals surface area contributed by atoms with Crippen LogP contribution in [0.2, 0.25) is 5.02 Å². The highest BCUT2D eigenvalue weighted by atomic mass is 35.5. The van der Waals surface area contributed by atoms with Crippen LogP contribution in [-0.2, 0) is 4.79 Å². The Balaban J connectivity index is 1.64. The Labute approximate surface area is 133 Å². The van der Waals surface area contributed by atoms with E-state index in [0.717, 1.165) is 24.9 Å². The first-order chi connectivity index (χ1) is 10.5. The summed E-state index contributed by atoms with van der Waals surface area (Å²) in [4.78, 5) is 24.3. The molecule has 0 spiro atoms. The number of nitrogens with zero attached hydrogens (tertiary/aromatic N) is 2. The first-order valence-electron chi connectivity index (χ1n) is 7.43. The van der Waals surface area contributed by atoms with Crippen molar-refractivity contribution in [3.63, 3.8) is 0 Å². The number of nitro groups is 1. The van der Waals surface area contributed by atoms with E-state index in [4.69, 9.17) is 11.6 Å². The SMILES string of the molecule is Cc1cc([N+](=O)[O-])cc(Cl)c1NC[C@H]1CC(=O)N(C2CC2)C1. The summed E-state index contributed by atoms with van der Waals surface area (Å²) in [5, 5.41) is 14.4. The molecule has 1 aliphatic heterocycles. The molecule has 1 saturated heterocycles. The molecule has 0 bridgehead atoms. The minimum absolute atomic E-state index is 0.0102. The van der Waals surface area contributed by atoms with Crippen molar-refractivity contribution in [2.24, 2.45) is 5.92 Å². The standard InChI is InChI=1S/C15H18ClN3O3/c1-9-4-12(19(21)22)6-13(16)15(9)17-7-10-5-14(20)18(8-10)11-2-3-11/h4,6,10-11,17H,2-3,5,7-8H2,1H3/t10-/m1/s1. The van der Waals surface area contributed by atoms with E-state index in [1.165, 1.54) is 12.1 Å². The monoisotopic (exact) mass is 323 g/mol. The number of nitrogens with one attached hydrogen (secondary N) is 1. The molecule has 1 aliphatic carbocycles. The van der Waals surface area contributed by atoms with Gasteiger partial charge in [-0.2, -0.15) is 0 Å². The Morgan fingerprint density at radius 1 is 1.45 bits per heavy atom. The van der Waals surface area contributed by atoms with Gasteiger partial charge in [0.15, 0.2) is 0 Å². The lowest BCUT2D eigenvalue weighted by Crippen LogP contribution is -2.28. The van der Waals surface area contributed by atoms with Crippen LogP contribution in [0.15, 0.2) is 12.1 Å². The lowest BCUT2D eigenvalue weighted by Gasteiger charge is -2.17. The maximum Gasteiger partial charge on any atom is 0.271 e. The average molecular weight is 324 g/mol. The van der Waals surface area contributed by atoms with E-state index in [9.17, 15) is 14.9 Å². The molecule has 1 heterocycles. The minimum Gasteiger partial charge on any atom is -0.383 e. The number of nitro benzene ring substituents is 1. The van der Waals surface area contributed by atoms with Gasteiger partial charge in [0, 0.05) is 43.6 Å². The number of non-ortho nitro benzene ring substituents is 1. The highest BCUT2D eigenvalue weighted by Gasteiger charge is 2.39. The van der Waals surface area contributed by atoms with Gasteiger partial charge in [0.05, 0.1) is 15.6 Å². The van der Waals surface area contributed by atoms with Gasteiger partial charge >= 0.3 is 0 Å². The van der Waals surface area contributed by atoms with Crippen molar-refractivity contribution < 1.29 is 9.72 Å². The third-order valence-corrected chi connectivity index (χ3v) is 4.57. The van der Waals surface area contributed by atoms with Crippen molar-refractivity contribution in [3.8, 4) is 0 Å². The number of aryl methyl sites for hydroxylation is 1. The Bertz CT molecular complexity index is 607. The van der Waals surface area contributed by atoms with Crippen molar-refractivity contribution in [3.05, 3.63) is 32.8 Å². The lowest BCUT2D eigenvalue weighted by atomic mass is 10.1. The molecular formula is C15H18ClN3O3. The quantitative estimate of drug-likeness (QED) is 0.667. The van der Waals surface area contributed by atoms with E-state index in [-0.39, 0.29) is 17.5 Å². The number of anilines is 1. The number of benzene rings is 1. The van der Waals surface area contributed by atoms with E-state index in [1.54, 1.807) is 6.92 Å². The molecule has 1 N–H and O–H groups in total. The summed E-state index contributed by atoms with van der Waals surface area (Å²) in [5.41, 5.74) is 1.44. The predicted molar refractivity (Wildman–Crippen MR) is 84.2 cm³/mol. The van der Waals surface area contributed by atoms with Gasteiger partial charge in [0.25, 0.3) is 5.69 Å². The molecule has 2 fully saturated rings. The molecule has 1 saturated carbocycles. The largest absolute Gasteiger partial charge is 0.383 e. The summed E-state index contributed by atoms with van der Waals surface area (Å²) in [5.74, 6) is 0.500. The molecule has 22 heavy (non-hydrogen) atoms. The van der Waals surface area contributed by atoms with Crippen LogP contribution < -0.4 is 5.32 Å². The number of amides is 1. The van der Waals surface area contributed by atoms with E-state index < -0.39 is 4.92 Å². The molecule has 1 atom stereocenters. The number of rotatable bonds is 5. The fourth-order valence-corrected chi connectivity index (χ4v) is 3.31. The van der Waals surface area contributed by atoms with Crippen LogP contribution in [0.3, 0.4) is 0 Å². The molecule has 0 aromatic heterocycles. The molecule has 0 unspecified atom stereocenters. The normalized spacial score (nSPS) is 21.3. The second-order valence-corrected chi connectivity index (χ2v) is 6.51. The van der Waals surface area contributed by atoms with Crippen molar-refractivity contribution >= 4 is 28.9 Å². The van der Waals surface area contributed by atoms with Crippen LogP contribution in [0.5, 0.6) is 0 Å². The Hall–Kier alpha value is -1.82. The van der Waals surface area contributed by atoms with Crippen molar-refractivity contribution in [2.75, 3.05) is 18.4 Å². The number of halogens is 1. The Morgan fingerprint density at radius 3 is 2.77 bits per heavy atom. The van der Waals surface area contributed by atoms with Crippen molar-refractivity contribution in [2.45, 2.75) is 32.2 Å². The van der Waals surface area contributed by atoms with Gasteiger partial charge in [-0.15, -0.1) is 0 Å². The van der Waals surface area contributed by atoms with E-state index >= 15 is 0 Å². The fourth-order valence-electron chi connectivity index (χ4n) is 2.99. The maximum atomic E-state index is 11.9. The smallest absolute Gasteiger partial charge is 0.271 e. The number of carbonyl (C=O) groups is 1. The zero-order valence-electron chi connectivity index (χ0n) is 12.3. The summed E-state index contributed by atoms with van der Waals surface area (Å²) in [6, 6.07) is 3.32. The van der Waals surface area contributed by atoms with Crippen molar-refractivity contribution in [1.82, 2.24) is 4.90 Å². The van der Waals surface area contributed by atoms with Crippen molar-refractivity contribution in [1.29, 1.82) is 0 Å². The zero-order chi connectivity index (χ0) is 15.9. The molecule has 0 radical (unpaired) electrons. The average Bonchev–Trinajstić information content (AvgIpc) is 3.21. The van der Waals surface area contributed by atoms with Crippen LogP contribution in [-0.4, -0.2) is 34.9 Å².